The van der Waals surface area contributed by atoms with Crippen molar-refractivity contribution in [2.45, 2.75) is 57.5 Å². The van der Waals surface area contributed by atoms with Crippen LogP contribution in [0.4, 0.5) is 0 Å². The maximum atomic E-state index is 5.76. The van der Waals surface area contributed by atoms with Crippen LogP contribution in [0.15, 0.2) is 18.5 Å². The van der Waals surface area contributed by atoms with Crippen molar-refractivity contribution in [2.75, 3.05) is 19.8 Å². The lowest BCUT2D eigenvalue weighted by atomic mass is 9.91. The van der Waals surface area contributed by atoms with Crippen LogP contribution < -0.4 is 0 Å². The molecule has 0 radical (unpaired) electrons. The largest absolute Gasteiger partial charge is 0.360 e. The van der Waals surface area contributed by atoms with Crippen LogP contribution >= 0.6 is 0 Å². The van der Waals surface area contributed by atoms with Crippen LogP contribution in [0, 0.1) is 0 Å². The van der Waals surface area contributed by atoms with Gasteiger partial charge in [0.05, 0.1) is 19.4 Å². The average molecular weight is 337 g/mol. The van der Waals surface area contributed by atoms with Gasteiger partial charge in [-0.15, -0.1) is 0 Å². The fourth-order valence-corrected chi connectivity index (χ4v) is 3.72. The quantitative estimate of drug-likeness (QED) is 0.589. The van der Waals surface area contributed by atoms with E-state index in [2.05, 4.69) is 37.0 Å². The van der Waals surface area contributed by atoms with Gasteiger partial charge in [0, 0.05) is 39.3 Å². The fraction of sp³-hybridized carbons (Fsp3) is 0.706. The smallest absolute Gasteiger partial charge is 0.172 e. The summed E-state index contributed by atoms with van der Waals surface area (Å²) in [4.78, 5) is 0. The lowest BCUT2D eigenvalue weighted by Crippen LogP contribution is -2.31. The molecule has 128 valence electrons. The Kier molecular flexibility index (Phi) is 5.06. The molecular weight excluding hydrogens is 308 g/mol. The molecule has 1 saturated heterocycles. The Bertz CT molecular complexity index is 556. The minimum Gasteiger partial charge on any atom is -0.360 e. The molecule has 0 N–H and O–H groups in total. The van der Waals surface area contributed by atoms with E-state index >= 15 is 0 Å². The third kappa shape index (κ3) is 4.53. The van der Waals surface area contributed by atoms with Gasteiger partial charge in [0.15, 0.2) is 5.79 Å². The average Bonchev–Trinajstić information content (AvgIpc) is 3.14. The van der Waals surface area contributed by atoms with Crippen molar-refractivity contribution in [3.05, 3.63) is 24.0 Å². The van der Waals surface area contributed by atoms with E-state index in [4.69, 9.17) is 14.2 Å². The highest BCUT2D eigenvalue weighted by atomic mass is 28.3. The van der Waals surface area contributed by atoms with Crippen LogP contribution in [0.5, 0.6) is 0 Å². The lowest BCUT2D eigenvalue weighted by Gasteiger charge is -2.30. The third-order valence-electron chi connectivity index (χ3n) is 4.47. The molecule has 0 amide bonds. The molecule has 1 spiro atoms. The molecule has 1 aliphatic heterocycles. The standard InChI is InChI=1S/C17H28N2O3Si/c1-23(2,3)11-10-20-14-19-13-16(12-18-19)15-4-6-17(7-5-15)21-8-9-22-17/h4,12-13H,5-11,14H2,1-3H3. The second-order valence-corrected chi connectivity index (χ2v) is 13.3. The highest BCUT2D eigenvalue weighted by Gasteiger charge is 2.37. The summed E-state index contributed by atoms with van der Waals surface area (Å²) >= 11 is 0. The number of hydrogen-bond acceptors (Lipinski definition) is 4. The van der Waals surface area contributed by atoms with Crippen LogP contribution in [-0.4, -0.2) is 43.5 Å². The molecule has 6 heteroatoms. The van der Waals surface area contributed by atoms with Crippen LogP contribution in [0.3, 0.4) is 0 Å². The number of rotatable bonds is 6. The van der Waals surface area contributed by atoms with Gasteiger partial charge in [-0.3, -0.25) is 0 Å². The lowest BCUT2D eigenvalue weighted by molar-refractivity contribution is -0.159. The predicted octanol–water partition coefficient (Wildman–Crippen LogP) is 3.51. The van der Waals surface area contributed by atoms with Gasteiger partial charge in [0.1, 0.15) is 6.73 Å². The molecular formula is C17H28N2O3Si. The van der Waals surface area contributed by atoms with Gasteiger partial charge >= 0.3 is 0 Å². The SMILES string of the molecule is C[Si](C)(C)CCOCn1cc(C2=CCC3(CC2)OCCO3)cn1. The zero-order chi connectivity index (χ0) is 16.3. The van der Waals surface area contributed by atoms with Crippen LogP contribution in [-0.2, 0) is 20.9 Å². The molecule has 0 bridgehead atoms. The predicted molar refractivity (Wildman–Crippen MR) is 92.8 cm³/mol. The summed E-state index contributed by atoms with van der Waals surface area (Å²) in [6.45, 7) is 9.89. The summed E-state index contributed by atoms with van der Waals surface area (Å²) in [5.41, 5.74) is 2.52. The highest BCUT2D eigenvalue weighted by Crippen LogP contribution is 2.37. The Hall–Kier alpha value is -0.953. The third-order valence-corrected chi connectivity index (χ3v) is 6.18. The van der Waals surface area contributed by atoms with E-state index < -0.39 is 8.07 Å². The summed E-state index contributed by atoms with van der Waals surface area (Å²) in [5.74, 6) is -0.348. The molecule has 0 atom stereocenters. The maximum absolute atomic E-state index is 5.76. The van der Waals surface area contributed by atoms with Gasteiger partial charge in [0.2, 0.25) is 0 Å². The summed E-state index contributed by atoms with van der Waals surface area (Å²) in [6.07, 6.45) is 8.98. The summed E-state index contributed by atoms with van der Waals surface area (Å²) in [5, 5.41) is 4.41. The van der Waals surface area contributed by atoms with Gasteiger partial charge in [-0.25, -0.2) is 4.68 Å². The van der Waals surface area contributed by atoms with Crippen molar-refractivity contribution in [3.63, 3.8) is 0 Å². The van der Waals surface area contributed by atoms with E-state index in [9.17, 15) is 0 Å². The van der Waals surface area contributed by atoms with Crippen molar-refractivity contribution in [1.29, 1.82) is 0 Å². The summed E-state index contributed by atoms with van der Waals surface area (Å²) < 4.78 is 19.1. The van der Waals surface area contributed by atoms with E-state index in [1.165, 1.54) is 17.2 Å². The number of aromatic nitrogens is 2. The Morgan fingerprint density at radius 2 is 2.09 bits per heavy atom. The second-order valence-electron chi connectivity index (χ2n) is 7.66. The van der Waals surface area contributed by atoms with Crippen molar-refractivity contribution in [2.24, 2.45) is 0 Å². The van der Waals surface area contributed by atoms with Gasteiger partial charge in [-0.2, -0.15) is 5.10 Å². The topological polar surface area (TPSA) is 45.5 Å². The minimum absolute atomic E-state index is 0.348. The van der Waals surface area contributed by atoms with Crippen LogP contribution in [0.2, 0.25) is 25.7 Å². The first kappa shape index (κ1) is 16.9. The molecule has 0 saturated carbocycles. The molecule has 5 nitrogen and oxygen atoms in total. The molecule has 1 aromatic rings. The molecule has 1 fully saturated rings. The Morgan fingerprint density at radius 3 is 2.74 bits per heavy atom. The molecule has 2 aliphatic rings. The van der Waals surface area contributed by atoms with Gasteiger partial charge < -0.3 is 14.2 Å². The Balaban J connectivity index is 1.50. The van der Waals surface area contributed by atoms with Gasteiger partial charge in [-0.1, -0.05) is 25.7 Å². The second kappa shape index (κ2) is 6.89. The molecule has 23 heavy (non-hydrogen) atoms. The van der Waals surface area contributed by atoms with E-state index in [-0.39, 0.29) is 5.79 Å². The number of nitrogens with zero attached hydrogens (tertiary/aromatic N) is 2. The first-order valence-electron chi connectivity index (χ1n) is 8.53. The first-order valence-corrected chi connectivity index (χ1v) is 12.2. The number of ether oxygens (including phenoxy) is 3. The normalized spacial score (nSPS) is 20.9. The maximum Gasteiger partial charge on any atom is 0.172 e. The zero-order valence-electron chi connectivity index (χ0n) is 14.5. The minimum atomic E-state index is -1.02. The molecule has 0 unspecified atom stereocenters. The fourth-order valence-electron chi connectivity index (χ4n) is 2.97. The van der Waals surface area contributed by atoms with Gasteiger partial charge in [0.25, 0.3) is 0 Å². The van der Waals surface area contributed by atoms with Crippen LogP contribution in [0.1, 0.15) is 24.8 Å². The van der Waals surface area contributed by atoms with Gasteiger partial charge in [-0.05, 0) is 18.0 Å². The van der Waals surface area contributed by atoms with E-state index in [0.717, 1.165) is 39.1 Å². The highest BCUT2D eigenvalue weighted by molar-refractivity contribution is 6.76. The van der Waals surface area contributed by atoms with Crippen molar-refractivity contribution >= 4 is 13.6 Å². The Morgan fingerprint density at radius 1 is 1.30 bits per heavy atom. The first-order chi connectivity index (χ1) is 11.0. The Labute approximate surface area is 139 Å². The van der Waals surface area contributed by atoms with E-state index in [0.29, 0.717) is 6.73 Å². The summed E-state index contributed by atoms with van der Waals surface area (Å²) in [7, 11) is -1.02. The molecule has 0 aromatic carbocycles. The monoisotopic (exact) mass is 336 g/mol. The van der Waals surface area contributed by atoms with Crippen molar-refractivity contribution in [3.8, 4) is 0 Å². The molecule has 1 aliphatic carbocycles. The number of allylic oxidation sites excluding steroid dienone is 1. The number of hydrogen-bond donors (Lipinski definition) is 0. The van der Waals surface area contributed by atoms with Crippen molar-refractivity contribution in [1.82, 2.24) is 9.78 Å². The summed E-state index contributed by atoms with van der Waals surface area (Å²) in [6, 6.07) is 1.19. The van der Waals surface area contributed by atoms with Crippen LogP contribution in [0.25, 0.3) is 5.57 Å². The zero-order valence-corrected chi connectivity index (χ0v) is 15.5. The molecule has 1 aromatic heterocycles. The van der Waals surface area contributed by atoms with E-state index in [1.54, 1.807) is 0 Å². The molecule has 2 heterocycles. The van der Waals surface area contributed by atoms with E-state index in [1.807, 2.05) is 10.9 Å². The van der Waals surface area contributed by atoms with Crippen molar-refractivity contribution < 1.29 is 14.2 Å². The molecule has 3 rings (SSSR count).